The number of ether oxygens (including phenoxy) is 3. The molecular formula is C12H19F3O5. The zero-order valence-electron chi connectivity index (χ0n) is 12.1. The number of alkyl halides is 3. The van der Waals surface area contributed by atoms with E-state index in [1.807, 2.05) is 0 Å². The van der Waals surface area contributed by atoms with Crippen molar-refractivity contribution in [2.24, 2.45) is 5.41 Å². The van der Waals surface area contributed by atoms with Gasteiger partial charge in [-0.3, -0.25) is 9.53 Å². The molecule has 0 aromatic heterocycles. The van der Waals surface area contributed by atoms with E-state index in [4.69, 9.17) is 0 Å². The molecule has 0 saturated heterocycles. The van der Waals surface area contributed by atoms with Crippen LogP contribution < -0.4 is 0 Å². The summed E-state index contributed by atoms with van der Waals surface area (Å²) in [7, 11) is 0.808. The highest BCUT2D eigenvalue weighted by molar-refractivity contribution is 5.82. The summed E-state index contributed by atoms with van der Waals surface area (Å²) in [5.74, 6) is -6.23. The molecule has 0 spiro atoms. The Morgan fingerprint density at radius 2 is 1.55 bits per heavy atom. The van der Waals surface area contributed by atoms with Gasteiger partial charge in [-0.1, -0.05) is 6.92 Å². The molecule has 0 rings (SSSR count). The van der Waals surface area contributed by atoms with Gasteiger partial charge in [0.2, 0.25) is 0 Å². The van der Waals surface area contributed by atoms with Gasteiger partial charge in [0.05, 0.1) is 12.5 Å². The van der Waals surface area contributed by atoms with Crippen molar-refractivity contribution in [2.45, 2.75) is 46.1 Å². The molecule has 20 heavy (non-hydrogen) atoms. The predicted octanol–water partition coefficient (Wildman–Crippen LogP) is 2.43. The molecule has 5 nitrogen and oxygen atoms in total. The second-order valence-corrected chi connectivity index (χ2v) is 5.01. The Hall–Kier alpha value is -1.31. The lowest BCUT2D eigenvalue weighted by atomic mass is 9.91. The van der Waals surface area contributed by atoms with Crippen molar-refractivity contribution in [1.82, 2.24) is 0 Å². The predicted molar refractivity (Wildman–Crippen MR) is 62.6 cm³/mol. The van der Waals surface area contributed by atoms with Gasteiger partial charge in [0.25, 0.3) is 5.92 Å². The number of carbonyl (C=O) groups excluding carboxylic acids is 2. The number of rotatable bonds is 7. The third-order valence-corrected chi connectivity index (χ3v) is 2.60. The first-order valence-electron chi connectivity index (χ1n) is 5.90. The molecule has 0 N–H and O–H groups in total. The first-order valence-corrected chi connectivity index (χ1v) is 5.90. The molecule has 0 aliphatic rings. The Bertz CT molecular complexity index is 365. The fourth-order valence-electron chi connectivity index (χ4n) is 0.873. The highest BCUT2D eigenvalue weighted by Crippen LogP contribution is 2.28. The normalized spacial score (nSPS) is 15.4. The van der Waals surface area contributed by atoms with E-state index in [1.54, 1.807) is 6.92 Å². The van der Waals surface area contributed by atoms with Crippen molar-refractivity contribution in [1.29, 1.82) is 0 Å². The molecular weight excluding hydrogens is 281 g/mol. The van der Waals surface area contributed by atoms with Crippen LogP contribution in [0.2, 0.25) is 0 Å². The smallest absolute Gasteiger partial charge is 0.462 e. The number of hydrogen-bond acceptors (Lipinski definition) is 5. The monoisotopic (exact) mass is 300 g/mol. The lowest BCUT2D eigenvalue weighted by Crippen LogP contribution is -2.47. The van der Waals surface area contributed by atoms with Crippen molar-refractivity contribution < 1.29 is 37.0 Å². The maximum Gasteiger partial charge on any atom is 0.469 e. The van der Waals surface area contributed by atoms with Gasteiger partial charge in [-0.25, -0.2) is 13.6 Å². The number of methoxy groups -OCH3 is 1. The first kappa shape index (κ1) is 18.7. The fraction of sp³-hybridized carbons (Fsp3) is 0.833. The van der Waals surface area contributed by atoms with E-state index in [2.05, 4.69) is 14.2 Å². The highest BCUT2D eigenvalue weighted by atomic mass is 19.3. The SMILES string of the molecule is CCC(C)(C)C(=O)OC(F)(OCC(C)(F)F)C(=O)OC. The van der Waals surface area contributed by atoms with Crippen LogP contribution in [0.25, 0.3) is 0 Å². The summed E-state index contributed by atoms with van der Waals surface area (Å²) >= 11 is 0. The van der Waals surface area contributed by atoms with Gasteiger partial charge in [-0.2, -0.15) is 4.39 Å². The van der Waals surface area contributed by atoms with Gasteiger partial charge in [0.1, 0.15) is 6.61 Å². The van der Waals surface area contributed by atoms with Crippen LogP contribution in [0.15, 0.2) is 0 Å². The lowest BCUT2D eigenvalue weighted by Gasteiger charge is -2.28. The van der Waals surface area contributed by atoms with Crippen molar-refractivity contribution in [3.63, 3.8) is 0 Å². The summed E-state index contributed by atoms with van der Waals surface area (Å²) in [6, 6.07) is -3.70. The van der Waals surface area contributed by atoms with Crippen LogP contribution in [0.4, 0.5) is 13.2 Å². The Morgan fingerprint density at radius 3 is 1.90 bits per heavy atom. The minimum absolute atomic E-state index is 0.285. The van der Waals surface area contributed by atoms with Crippen LogP contribution >= 0.6 is 0 Å². The zero-order chi connectivity index (χ0) is 16.2. The molecule has 0 aliphatic carbocycles. The first-order chi connectivity index (χ1) is 8.88. The summed E-state index contributed by atoms with van der Waals surface area (Å²) in [5.41, 5.74) is -1.11. The Balaban J connectivity index is 5.07. The van der Waals surface area contributed by atoms with Gasteiger partial charge in [-0.15, -0.1) is 0 Å². The molecule has 0 heterocycles. The van der Waals surface area contributed by atoms with Crippen LogP contribution in [0.3, 0.4) is 0 Å². The number of hydrogen-bond donors (Lipinski definition) is 0. The van der Waals surface area contributed by atoms with E-state index >= 15 is 0 Å². The lowest BCUT2D eigenvalue weighted by molar-refractivity contribution is -0.310. The van der Waals surface area contributed by atoms with Crippen LogP contribution in [-0.4, -0.2) is 37.6 Å². The van der Waals surface area contributed by atoms with Crippen molar-refractivity contribution in [2.75, 3.05) is 13.7 Å². The summed E-state index contributed by atoms with van der Waals surface area (Å²) < 4.78 is 52.0. The van der Waals surface area contributed by atoms with Gasteiger partial charge in [0.15, 0.2) is 0 Å². The van der Waals surface area contributed by atoms with Crippen LogP contribution in [-0.2, 0) is 23.8 Å². The van der Waals surface area contributed by atoms with E-state index < -0.39 is 35.9 Å². The van der Waals surface area contributed by atoms with Gasteiger partial charge >= 0.3 is 18.0 Å². The number of esters is 2. The molecule has 118 valence electrons. The van der Waals surface area contributed by atoms with Crippen LogP contribution in [0, 0.1) is 5.41 Å². The number of carbonyl (C=O) groups is 2. The van der Waals surface area contributed by atoms with Gasteiger partial charge in [-0.05, 0) is 20.3 Å². The second kappa shape index (κ2) is 6.43. The van der Waals surface area contributed by atoms with E-state index in [-0.39, 0.29) is 6.42 Å². The van der Waals surface area contributed by atoms with Gasteiger partial charge in [0, 0.05) is 6.92 Å². The van der Waals surface area contributed by atoms with Crippen LogP contribution in [0.5, 0.6) is 0 Å². The molecule has 0 aromatic carbocycles. The third kappa shape index (κ3) is 5.36. The Labute approximate surface area is 115 Å². The highest BCUT2D eigenvalue weighted by Gasteiger charge is 2.50. The van der Waals surface area contributed by atoms with Crippen molar-refractivity contribution >= 4 is 11.9 Å². The van der Waals surface area contributed by atoms with Crippen molar-refractivity contribution in [3.05, 3.63) is 0 Å². The average molecular weight is 300 g/mol. The fourth-order valence-corrected chi connectivity index (χ4v) is 0.873. The third-order valence-electron chi connectivity index (χ3n) is 2.60. The molecule has 0 amide bonds. The Morgan fingerprint density at radius 1 is 1.05 bits per heavy atom. The summed E-state index contributed by atoms with van der Waals surface area (Å²) in [5, 5.41) is 0. The number of halogens is 3. The summed E-state index contributed by atoms with van der Waals surface area (Å²) in [6.07, 6.45) is 0.285. The Kier molecular flexibility index (Phi) is 6.01. The summed E-state index contributed by atoms with van der Waals surface area (Å²) in [4.78, 5) is 23.0. The molecule has 0 saturated carbocycles. The van der Waals surface area contributed by atoms with E-state index in [1.165, 1.54) is 13.8 Å². The maximum atomic E-state index is 14.2. The average Bonchev–Trinajstić information content (AvgIpc) is 2.34. The zero-order valence-corrected chi connectivity index (χ0v) is 12.1. The molecule has 0 fully saturated rings. The molecule has 1 unspecified atom stereocenters. The largest absolute Gasteiger partial charge is 0.469 e. The van der Waals surface area contributed by atoms with Crippen LogP contribution in [0.1, 0.15) is 34.1 Å². The van der Waals surface area contributed by atoms with Gasteiger partial charge < -0.3 is 9.47 Å². The molecule has 0 bridgehead atoms. The van der Waals surface area contributed by atoms with E-state index in [9.17, 15) is 22.8 Å². The molecule has 0 radical (unpaired) electrons. The molecule has 0 aliphatic heterocycles. The van der Waals surface area contributed by atoms with E-state index in [0.29, 0.717) is 6.92 Å². The molecule has 0 aromatic rings. The second-order valence-electron chi connectivity index (χ2n) is 5.01. The molecule has 1 atom stereocenters. The minimum Gasteiger partial charge on any atom is -0.462 e. The molecule has 8 heteroatoms. The topological polar surface area (TPSA) is 61.8 Å². The summed E-state index contributed by atoms with van der Waals surface area (Å²) in [6.45, 7) is 3.55. The standard InChI is InChI=1S/C12H19F3O5/c1-6-10(2,3)8(16)20-12(15,9(17)18-5)19-7-11(4,13)14/h6-7H2,1-5H3. The maximum absolute atomic E-state index is 14.2. The van der Waals surface area contributed by atoms with E-state index in [0.717, 1.165) is 7.11 Å². The minimum atomic E-state index is -3.70. The quantitative estimate of drug-likeness (QED) is 0.534. The van der Waals surface area contributed by atoms with Crippen molar-refractivity contribution in [3.8, 4) is 0 Å².